The third-order valence-corrected chi connectivity index (χ3v) is 7.25. The van der Waals surface area contributed by atoms with Crippen LogP contribution in [0.25, 0.3) is 0 Å². The highest BCUT2D eigenvalue weighted by atomic mass is 16.5. The quantitative estimate of drug-likeness (QED) is 0.288. The van der Waals surface area contributed by atoms with Gasteiger partial charge in [0.2, 0.25) is 0 Å². The highest BCUT2D eigenvalue weighted by Gasteiger charge is 2.42. The number of unbranched alkanes of at least 4 members (excludes halogenated alkanes) is 1. The molecule has 208 valence electrons. The Morgan fingerprint density at radius 2 is 1.77 bits per heavy atom. The Morgan fingerprint density at radius 3 is 2.46 bits per heavy atom. The van der Waals surface area contributed by atoms with E-state index in [0.29, 0.717) is 53.5 Å². The van der Waals surface area contributed by atoms with Crippen LogP contribution in [0.2, 0.25) is 0 Å². The highest BCUT2D eigenvalue weighted by Crippen LogP contribution is 2.48. The van der Waals surface area contributed by atoms with Crippen LogP contribution in [0.3, 0.4) is 0 Å². The Labute approximate surface area is 231 Å². The van der Waals surface area contributed by atoms with E-state index in [2.05, 4.69) is 12.2 Å². The molecular formula is C32H39NO6. The average Bonchev–Trinajstić information content (AvgIpc) is 2.91. The second-order valence-electron chi connectivity index (χ2n) is 10.3. The first-order valence-electron chi connectivity index (χ1n) is 13.7. The molecule has 0 unspecified atom stereocenters. The van der Waals surface area contributed by atoms with Crippen LogP contribution in [0.1, 0.15) is 76.3 Å². The standard InChI is InChI=1S/C32H39NO6/c1-7-8-15-38-32(35)29-20(4)33-24-16-22(21-13-14-27(36-5)28(18-21)37-6)17-25(34)31(24)30(29)23-11-9-10-12-26(23)39-19(2)3/h9-14,18-19,22,30,33H,7-8,15-17H2,1-6H3/t22-,30-/m0/s1. The number of ether oxygens (including phenoxy) is 4. The summed E-state index contributed by atoms with van der Waals surface area (Å²) >= 11 is 0. The Kier molecular flexibility index (Phi) is 9.00. The molecule has 2 aliphatic rings. The monoisotopic (exact) mass is 533 g/mol. The Hall–Kier alpha value is -3.74. The second kappa shape index (κ2) is 12.4. The number of para-hydroxylation sites is 1. The Morgan fingerprint density at radius 1 is 1.03 bits per heavy atom. The number of methoxy groups -OCH3 is 2. The minimum absolute atomic E-state index is 0.000701. The van der Waals surface area contributed by atoms with Crippen LogP contribution in [0, 0.1) is 0 Å². The van der Waals surface area contributed by atoms with Crippen molar-refractivity contribution in [1.29, 1.82) is 0 Å². The number of hydrogen-bond donors (Lipinski definition) is 1. The first-order valence-corrected chi connectivity index (χ1v) is 13.7. The molecule has 0 saturated carbocycles. The zero-order valence-electron chi connectivity index (χ0n) is 23.8. The Balaban J connectivity index is 1.79. The zero-order valence-corrected chi connectivity index (χ0v) is 23.8. The Bertz CT molecular complexity index is 1290. The predicted molar refractivity (Wildman–Crippen MR) is 150 cm³/mol. The van der Waals surface area contributed by atoms with Crippen molar-refractivity contribution in [2.24, 2.45) is 0 Å². The zero-order chi connectivity index (χ0) is 28.1. The fourth-order valence-corrected chi connectivity index (χ4v) is 5.43. The van der Waals surface area contributed by atoms with Gasteiger partial charge in [-0.15, -0.1) is 0 Å². The summed E-state index contributed by atoms with van der Waals surface area (Å²) in [5.41, 5.74) is 4.39. The molecule has 0 aromatic heterocycles. The summed E-state index contributed by atoms with van der Waals surface area (Å²) in [4.78, 5) is 27.5. The maximum Gasteiger partial charge on any atom is 0.336 e. The molecule has 2 aromatic rings. The van der Waals surface area contributed by atoms with Gasteiger partial charge in [0, 0.05) is 29.0 Å². The van der Waals surface area contributed by atoms with Crippen LogP contribution in [0.5, 0.6) is 17.2 Å². The lowest BCUT2D eigenvalue weighted by molar-refractivity contribution is -0.139. The number of dihydropyridines is 1. The molecule has 0 bridgehead atoms. The van der Waals surface area contributed by atoms with Gasteiger partial charge in [0.15, 0.2) is 17.3 Å². The summed E-state index contributed by atoms with van der Waals surface area (Å²) in [5, 5.41) is 3.42. The van der Waals surface area contributed by atoms with E-state index in [4.69, 9.17) is 18.9 Å². The molecule has 1 aliphatic carbocycles. The normalized spacial score (nSPS) is 19.0. The molecule has 1 N–H and O–H groups in total. The first-order chi connectivity index (χ1) is 18.8. The molecule has 2 aromatic carbocycles. The average molecular weight is 534 g/mol. The third-order valence-electron chi connectivity index (χ3n) is 7.25. The highest BCUT2D eigenvalue weighted by molar-refractivity contribution is 6.04. The molecule has 0 radical (unpaired) electrons. The van der Waals surface area contributed by atoms with Crippen LogP contribution >= 0.6 is 0 Å². The smallest absolute Gasteiger partial charge is 0.336 e. The van der Waals surface area contributed by atoms with Gasteiger partial charge in [-0.1, -0.05) is 37.6 Å². The van der Waals surface area contributed by atoms with E-state index in [-0.39, 0.29) is 17.8 Å². The van der Waals surface area contributed by atoms with Crippen molar-refractivity contribution in [3.05, 3.63) is 76.1 Å². The summed E-state index contributed by atoms with van der Waals surface area (Å²) in [6.07, 6.45) is 2.57. The maximum atomic E-state index is 14.0. The van der Waals surface area contributed by atoms with Crippen LogP contribution in [0.4, 0.5) is 0 Å². The molecule has 39 heavy (non-hydrogen) atoms. The van der Waals surface area contributed by atoms with Crippen LogP contribution in [-0.2, 0) is 14.3 Å². The number of carbonyl (C=O) groups excluding carboxylic acids is 2. The first kappa shape index (κ1) is 28.3. The van der Waals surface area contributed by atoms with E-state index < -0.39 is 11.9 Å². The summed E-state index contributed by atoms with van der Waals surface area (Å²) in [6.45, 7) is 8.19. The topological polar surface area (TPSA) is 83.1 Å². The van der Waals surface area contributed by atoms with Crippen LogP contribution in [0.15, 0.2) is 65.0 Å². The van der Waals surface area contributed by atoms with Crippen molar-refractivity contribution in [3.8, 4) is 17.2 Å². The number of esters is 1. The van der Waals surface area contributed by atoms with Crippen molar-refractivity contribution in [2.45, 2.75) is 71.3 Å². The molecule has 0 amide bonds. The van der Waals surface area contributed by atoms with Gasteiger partial charge in [-0.05, 0) is 63.3 Å². The van der Waals surface area contributed by atoms with E-state index in [0.717, 1.165) is 29.7 Å². The van der Waals surface area contributed by atoms with Gasteiger partial charge >= 0.3 is 5.97 Å². The number of benzene rings is 2. The van der Waals surface area contributed by atoms with E-state index in [1.165, 1.54) is 0 Å². The van der Waals surface area contributed by atoms with Crippen molar-refractivity contribution in [1.82, 2.24) is 5.32 Å². The summed E-state index contributed by atoms with van der Waals surface area (Å²) in [5.74, 6) is 0.906. The van der Waals surface area contributed by atoms with Gasteiger partial charge in [-0.2, -0.15) is 0 Å². The lowest BCUT2D eigenvalue weighted by atomic mass is 9.71. The van der Waals surface area contributed by atoms with Gasteiger partial charge in [0.1, 0.15) is 5.75 Å². The van der Waals surface area contributed by atoms with Crippen LogP contribution < -0.4 is 19.5 Å². The molecule has 0 saturated heterocycles. The molecule has 7 nitrogen and oxygen atoms in total. The lowest BCUT2D eigenvalue weighted by Crippen LogP contribution is -2.36. The number of Topliss-reactive ketones (excluding diaryl/α,β-unsaturated/α-hetero) is 1. The van der Waals surface area contributed by atoms with Crippen LogP contribution in [-0.4, -0.2) is 38.7 Å². The number of carbonyl (C=O) groups is 2. The third kappa shape index (κ3) is 5.97. The second-order valence-corrected chi connectivity index (χ2v) is 10.3. The largest absolute Gasteiger partial charge is 0.493 e. The number of hydrogen-bond acceptors (Lipinski definition) is 7. The molecule has 4 rings (SSSR count). The fraction of sp³-hybridized carbons (Fsp3) is 0.438. The van der Waals surface area contributed by atoms with Gasteiger partial charge in [-0.25, -0.2) is 4.79 Å². The summed E-state index contributed by atoms with van der Waals surface area (Å²) in [6, 6.07) is 13.5. The molecule has 0 spiro atoms. The minimum atomic E-state index is -0.579. The van der Waals surface area contributed by atoms with Gasteiger partial charge in [0.25, 0.3) is 0 Å². The van der Waals surface area contributed by atoms with E-state index in [1.807, 2.05) is 63.2 Å². The maximum absolute atomic E-state index is 14.0. The van der Waals surface area contributed by atoms with Crippen molar-refractivity contribution in [2.75, 3.05) is 20.8 Å². The minimum Gasteiger partial charge on any atom is -0.493 e. The predicted octanol–water partition coefficient (Wildman–Crippen LogP) is 6.20. The van der Waals surface area contributed by atoms with Crippen molar-refractivity contribution in [3.63, 3.8) is 0 Å². The number of ketones is 1. The van der Waals surface area contributed by atoms with E-state index in [1.54, 1.807) is 14.2 Å². The summed E-state index contributed by atoms with van der Waals surface area (Å²) in [7, 11) is 3.21. The van der Waals surface area contributed by atoms with Gasteiger partial charge < -0.3 is 24.3 Å². The fourth-order valence-electron chi connectivity index (χ4n) is 5.43. The SMILES string of the molecule is CCCCOC(=O)C1=C(C)NC2=C(C(=O)C[C@@H](c3ccc(OC)c(OC)c3)C2)[C@H]1c1ccccc1OC(C)C. The summed E-state index contributed by atoms with van der Waals surface area (Å²) < 4.78 is 22.7. The van der Waals surface area contributed by atoms with Gasteiger partial charge in [-0.3, -0.25) is 4.79 Å². The number of allylic oxidation sites excluding steroid dienone is 3. The molecule has 7 heteroatoms. The van der Waals surface area contributed by atoms with Gasteiger partial charge in [0.05, 0.1) is 38.4 Å². The van der Waals surface area contributed by atoms with E-state index in [9.17, 15) is 9.59 Å². The number of nitrogens with one attached hydrogen (secondary N) is 1. The molecule has 1 heterocycles. The number of rotatable bonds is 10. The lowest BCUT2D eigenvalue weighted by Gasteiger charge is -2.37. The van der Waals surface area contributed by atoms with E-state index >= 15 is 0 Å². The van der Waals surface area contributed by atoms with Crippen molar-refractivity contribution < 1.29 is 28.5 Å². The molecule has 2 atom stereocenters. The molecule has 0 fully saturated rings. The van der Waals surface area contributed by atoms with Crippen molar-refractivity contribution >= 4 is 11.8 Å². The molecular weight excluding hydrogens is 494 g/mol. The molecule has 1 aliphatic heterocycles.